The zero-order chi connectivity index (χ0) is 17.6. The number of amides is 2. The number of hydrogen-bond donors (Lipinski definition) is 1. The molecule has 0 aromatic heterocycles. The number of urea groups is 1. The third kappa shape index (κ3) is 4.88. The lowest BCUT2D eigenvalue weighted by molar-refractivity contribution is -0.137. The maximum absolute atomic E-state index is 12.8. The summed E-state index contributed by atoms with van der Waals surface area (Å²) >= 11 is 0. The Morgan fingerprint density at radius 3 is 2.62 bits per heavy atom. The number of nitrogens with zero attached hydrogens (tertiary/aromatic N) is 2. The monoisotopic (exact) mass is 339 g/mol. The molecule has 0 bridgehead atoms. The Kier molecular flexibility index (Phi) is 6.07. The van der Waals surface area contributed by atoms with Crippen molar-refractivity contribution in [2.24, 2.45) is 0 Å². The smallest absolute Gasteiger partial charge is 0.321 e. The number of alkyl halides is 3. The van der Waals surface area contributed by atoms with Crippen LogP contribution in [0.3, 0.4) is 0 Å². The van der Waals surface area contributed by atoms with Gasteiger partial charge in [-0.2, -0.15) is 18.4 Å². The average Bonchev–Trinajstić information content (AvgIpc) is 2.55. The first-order valence-corrected chi connectivity index (χ1v) is 8.03. The summed E-state index contributed by atoms with van der Waals surface area (Å²) in [5.41, 5.74) is -0.700. The van der Waals surface area contributed by atoms with E-state index in [1.54, 1.807) is 4.90 Å². The minimum atomic E-state index is -4.45. The van der Waals surface area contributed by atoms with Gasteiger partial charge in [-0.05, 0) is 31.0 Å². The number of anilines is 1. The highest BCUT2D eigenvalue weighted by Crippen LogP contribution is 2.31. The summed E-state index contributed by atoms with van der Waals surface area (Å²) < 4.78 is 38.3. The van der Waals surface area contributed by atoms with Crippen LogP contribution >= 0.6 is 0 Å². The van der Waals surface area contributed by atoms with E-state index in [2.05, 4.69) is 5.32 Å². The Bertz CT molecular complexity index is 604. The van der Waals surface area contributed by atoms with E-state index in [1.165, 1.54) is 12.1 Å². The number of carbonyl (C=O) groups excluding carboxylic acids is 1. The highest BCUT2D eigenvalue weighted by molar-refractivity contribution is 5.89. The number of hydrogen-bond acceptors (Lipinski definition) is 2. The lowest BCUT2D eigenvalue weighted by atomic mass is 9.94. The first-order chi connectivity index (χ1) is 11.4. The first kappa shape index (κ1) is 18.1. The van der Waals surface area contributed by atoms with Gasteiger partial charge in [-0.1, -0.05) is 25.3 Å². The summed E-state index contributed by atoms with van der Waals surface area (Å²) in [6.45, 7) is 0.284. The van der Waals surface area contributed by atoms with Crippen molar-refractivity contribution in [1.82, 2.24) is 4.90 Å². The maximum Gasteiger partial charge on any atom is 0.416 e. The van der Waals surface area contributed by atoms with Gasteiger partial charge in [0.15, 0.2) is 0 Å². The summed E-state index contributed by atoms with van der Waals surface area (Å²) in [5.74, 6) is 0. The molecule has 1 aliphatic rings. The van der Waals surface area contributed by atoms with Gasteiger partial charge in [0.2, 0.25) is 0 Å². The molecule has 0 heterocycles. The topological polar surface area (TPSA) is 56.1 Å². The predicted octanol–water partition coefficient (Wildman–Crippen LogP) is 4.79. The molecule has 7 heteroatoms. The average molecular weight is 339 g/mol. The van der Waals surface area contributed by atoms with Gasteiger partial charge in [-0.3, -0.25) is 0 Å². The Balaban J connectivity index is 2.10. The van der Waals surface area contributed by atoms with Crippen molar-refractivity contribution in [3.8, 4) is 6.07 Å². The number of nitrogens with one attached hydrogen (secondary N) is 1. The summed E-state index contributed by atoms with van der Waals surface area (Å²) in [5, 5.41) is 11.3. The van der Waals surface area contributed by atoms with E-state index >= 15 is 0 Å². The molecule has 24 heavy (non-hydrogen) atoms. The standard InChI is InChI=1S/C17H20F3N3O/c18-17(19,20)13-6-4-7-14(12-13)22-16(24)23(11-5-10-21)15-8-2-1-3-9-15/h4,6-7,12,15H,1-3,5,8-9,11H2,(H,22,24). The zero-order valence-electron chi connectivity index (χ0n) is 13.3. The van der Waals surface area contributed by atoms with Crippen molar-refractivity contribution < 1.29 is 18.0 Å². The van der Waals surface area contributed by atoms with Gasteiger partial charge in [0.25, 0.3) is 0 Å². The molecule has 0 saturated heterocycles. The van der Waals surface area contributed by atoms with Crippen molar-refractivity contribution >= 4 is 11.7 Å². The van der Waals surface area contributed by atoms with Gasteiger partial charge in [0, 0.05) is 18.3 Å². The predicted molar refractivity (Wildman–Crippen MR) is 84.3 cm³/mol. The Hall–Kier alpha value is -2.23. The molecule has 2 amide bonds. The van der Waals surface area contributed by atoms with Crippen LogP contribution in [-0.4, -0.2) is 23.5 Å². The van der Waals surface area contributed by atoms with Crippen LogP contribution < -0.4 is 5.32 Å². The minimum Gasteiger partial charge on any atom is -0.321 e. The molecule has 130 valence electrons. The van der Waals surface area contributed by atoms with E-state index in [-0.39, 0.29) is 24.7 Å². The first-order valence-electron chi connectivity index (χ1n) is 8.03. The third-order valence-electron chi connectivity index (χ3n) is 4.18. The molecule has 4 nitrogen and oxygen atoms in total. The number of rotatable bonds is 4. The van der Waals surface area contributed by atoms with Crippen molar-refractivity contribution in [2.45, 2.75) is 50.7 Å². The van der Waals surface area contributed by atoms with Crippen molar-refractivity contribution in [3.05, 3.63) is 29.8 Å². The van der Waals surface area contributed by atoms with Gasteiger partial charge in [-0.25, -0.2) is 4.79 Å². The molecule has 1 aliphatic carbocycles. The number of benzene rings is 1. The molecular weight excluding hydrogens is 319 g/mol. The van der Waals surface area contributed by atoms with Gasteiger partial charge in [0.1, 0.15) is 0 Å². The molecule has 0 spiro atoms. The number of nitriles is 1. The molecule has 1 aromatic rings. The Labute approximate surface area is 139 Å². The minimum absolute atomic E-state index is 0.0397. The fourth-order valence-corrected chi connectivity index (χ4v) is 2.98. The van der Waals surface area contributed by atoms with Crippen molar-refractivity contribution in [3.63, 3.8) is 0 Å². The molecule has 1 saturated carbocycles. The van der Waals surface area contributed by atoms with E-state index in [0.29, 0.717) is 0 Å². The molecule has 0 radical (unpaired) electrons. The van der Waals surface area contributed by atoms with Crippen LogP contribution in [0, 0.1) is 11.3 Å². The van der Waals surface area contributed by atoms with Crippen LogP contribution in [0.1, 0.15) is 44.1 Å². The number of carbonyl (C=O) groups is 1. The lowest BCUT2D eigenvalue weighted by Gasteiger charge is -2.34. The molecule has 2 rings (SSSR count). The molecule has 1 aromatic carbocycles. The largest absolute Gasteiger partial charge is 0.416 e. The van der Waals surface area contributed by atoms with Crippen LogP contribution in [0.2, 0.25) is 0 Å². The quantitative estimate of drug-likeness (QED) is 0.858. The maximum atomic E-state index is 12.8. The van der Waals surface area contributed by atoms with E-state index in [9.17, 15) is 18.0 Å². The van der Waals surface area contributed by atoms with Crippen molar-refractivity contribution in [1.29, 1.82) is 5.26 Å². The fourth-order valence-electron chi connectivity index (χ4n) is 2.98. The summed E-state index contributed by atoms with van der Waals surface area (Å²) in [6, 6.07) is 6.18. The lowest BCUT2D eigenvalue weighted by Crippen LogP contribution is -2.44. The summed E-state index contributed by atoms with van der Waals surface area (Å²) in [6.07, 6.45) is 0.632. The van der Waals surface area contributed by atoms with Gasteiger partial charge >= 0.3 is 12.2 Å². The normalized spacial score (nSPS) is 15.6. The van der Waals surface area contributed by atoms with Gasteiger partial charge in [0.05, 0.1) is 18.1 Å². The fraction of sp³-hybridized carbons (Fsp3) is 0.529. The van der Waals surface area contributed by atoms with E-state index in [0.717, 1.165) is 44.2 Å². The van der Waals surface area contributed by atoms with Gasteiger partial charge in [-0.15, -0.1) is 0 Å². The van der Waals surface area contributed by atoms with Crippen LogP contribution in [0.5, 0.6) is 0 Å². The second kappa shape index (κ2) is 8.04. The molecule has 1 fully saturated rings. The second-order valence-corrected chi connectivity index (χ2v) is 5.90. The Morgan fingerprint density at radius 1 is 1.29 bits per heavy atom. The zero-order valence-corrected chi connectivity index (χ0v) is 13.3. The summed E-state index contributed by atoms with van der Waals surface area (Å²) in [7, 11) is 0. The second-order valence-electron chi connectivity index (χ2n) is 5.90. The molecule has 1 N–H and O–H groups in total. The highest BCUT2D eigenvalue weighted by Gasteiger charge is 2.31. The molecule has 0 aliphatic heterocycles. The van der Waals surface area contributed by atoms with Gasteiger partial charge < -0.3 is 10.2 Å². The third-order valence-corrected chi connectivity index (χ3v) is 4.18. The van der Waals surface area contributed by atoms with Crippen LogP contribution in [-0.2, 0) is 6.18 Å². The van der Waals surface area contributed by atoms with E-state index in [4.69, 9.17) is 5.26 Å². The number of halogens is 3. The van der Waals surface area contributed by atoms with E-state index < -0.39 is 17.8 Å². The van der Waals surface area contributed by atoms with Crippen molar-refractivity contribution in [2.75, 3.05) is 11.9 Å². The molecule has 0 atom stereocenters. The SMILES string of the molecule is N#CCCN(C(=O)Nc1cccc(C(F)(F)F)c1)C1CCCCC1. The van der Waals surface area contributed by atoms with Crippen LogP contribution in [0.15, 0.2) is 24.3 Å². The van der Waals surface area contributed by atoms with Crippen LogP contribution in [0.25, 0.3) is 0 Å². The van der Waals surface area contributed by atoms with E-state index in [1.807, 2.05) is 6.07 Å². The summed E-state index contributed by atoms with van der Waals surface area (Å²) in [4.78, 5) is 14.1. The van der Waals surface area contributed by atoms with Crippen LogP contribution in [0.4, 0.5) is 23.7 Å². The molecular formula is C17H20F3N3O. The molecule has 0 unspecified atom stereocenters. The Morgan fingerprint density at radius 2 is 2.00 bits per heavy atom. The highest BCUT2D eigenvalue weighted by atomic mass is 19.4.